The number of unbranched alkanes of at least 4 members (excludes halogenated alkanes) is 3. The van der Waals surface area contributed by atoms with Gasteiger partial charge in [0, 0.05) is 0 Å². The Balaban J connectivity index is 2.50. The second-order valence-electron chi connectivity index (χ2n) is 11.5. The van der Waals surface area contributed by atoms with Crippen LogP contribution in [0.2, 0.25) is 31.4 Å². The summed E-state index contributed by atoms with van der Waals surface area (Å²) in [4.78, 5) is 0. The van der Waals surface area contributed by atoms with Crippen LogP contribution in [0.25, 0.3) is 10.9 Å². The Labute approximate surface area is 203 Å². The van der Waals surface area contributed by atoms with Gasteiger partial charge in [-0.15, -0.1) is 0 Å². The molecule has 0 amide bonds. The quantitative estimate of drug-likeness (QED) is 0.229. The second-order valence-corrected chi connectivity index (χ2v) is 29.2. The maximum atomic E-state index is 6.58. The van der Waals surface area contributed by atoms with Crippen molar-refractivity contribution in [2.75, 3.05) is 0 Å². The molecule has 0 aliphatic rings. The molecule has 0 fully saturated rings. The molecular formula is C27H50N2OSiSn. The topological polar surface area (TPSA) is 27.1 Å². The standard InChI is InChI=1S/C15H23N2OSi.3C4H9.Sn/c1-15(2,3)19(5,6)18-11-12-7-8-14-13(9-12)10-16-17(14)4;3*1-3-4-2;/h7-9H,11H2,1-6H3;3*1,3-4H2,2H3;. The Morgan fingerprint density at radius 1 is 0.938 bits per heavy atom. The first kappa shape index (κ1) is 27.9. The van der Waals surface area contributed by atoms with E-state index in [-0.39, 0.29) is 5.04 Å². The van der Waals surface area contributed by atoms with Crippen LogP contribution in [0.3, 0.4) is 0 Å². The number of nitrogens with zero attached hydrogens (tertiary/aromatic N) is 2. The number of fused-ring (bicyclic) bond motifs is 1. The van der Waals surface area contributed by atoms with Crippen molar-refractivity contribution in [1.82, 2.24) is 9.78 Å². The Kier molecular flexibility index (Phi) is 10.4. The minimum absolute atomic E-state index is 0.239. The molecule has 2 rings (SSSR count). The van der Waals surface area contributed by atoms with Gasteiger partial charge in [0.25, 0.3) is 0 Å². The number of aryl methyl sites for hydroxylation is 1. The van der Waals surface area contributed by atoms with Gasteiger partial charge in [-0.25, -0.2) is 0 Å². The molecule has 5 heteroatoms. The normalized spacial score (nSPS) is 13.3. The van der Waals surface area contributed by atoms with Crippen molar-refractivity contribution in [1.29, 1.82) is 0 Å². The summed E-state index contributed by atoms with van der Waals surface area (Å²) in [6.45, 7) is 19.4. The van der Waals surface area contributed by atoms with Crippen LogP contribution in [0.5, 0.6) is 0 Å². The number of hydrogen-bond donors (Lipinski definition) is 0. The molecule has 0 aliphatic heterocycles. The fraction of sp³-hybridized carbons (Fsp3) is 0.741. The van der Waals surface area contributed by atoms with E-state index in [0.717, 1.165) is 6.61 Å². The van der Waals surface area contributed by atoms with Crippen LogP contribution in [0.4, 0.5) is 0 Å². The summed E-state index contributed by atoms with van der Waals surface area (Å²) in [5.74, 6) is 0. The summed E-state index contributed by atoms with van der Waals surface area (Å²) in [7, 11) is 0.386. The Morgan fingerprint density at radius 2 is 1.47 bits per heavy atom. The van der Waals surface area contributed by atoms with E-state index < -0.39 is 26.7 Å². The Morgan fingerprint density at radius 3 is 1.94 bits per heavy atom. The summed E-state index contributed by atoms with van der Waals surface area (Å²) in [5.41, 5.74) is 2.62. The Bertz CT molecular complexity index is 831. The molecule has 0 unspecified atom stereocenters. The molecule has 0 atom stereocenters. The third kappa shape index (κ3) is 6.62. The molecule has 1 aromatic heterocycles. The first-order valence-corrected chi connectivity index (χ1v) is 23.5. The van der Waals surface area contributed by atoms with E-state index in [0.29, 0.717) is 0 Å². The maximum absolute atomic E-state index is 6.58. The number of rotatable bonds is 13. The van der Waals surface area contributed by atoms with Crippen molar-refractivity contribution in [2.24, 2.45) is 7.05 Å². The van der Waals surface area contributed by atoms with Crippen LogP contribution >= 0.6 is 0 Å². The fourth-order valence-corrected chi connectivity index (χ4v) is 21.7. The molecule has 0 aliphatic carbocycles. The average molecular weight is 566 g/mol. The van der Waals surface area contributed by atoms with E-state index in [2.05, 4.69) is 84.6 Å². The van der Waals surface area contributed by atoms with Gasteiger partial charge in [-0.2, -0.15) is 0 Å². The molecule has 2 aromatic rings. The van der Waals surface area contributed by atoms with Crippen LogP contribution in [0.1, 0.15) is 85.6 Å². The summed E-state index contributed by atoms with van der Waals surface area (Å²) in [6.07, 6.45) is 8.01. The molecule has 1 heterocycles. The molecule has 32 heavy (non-hydrogen) atoms. The summed E-state index contributed by atoms with van der Waals surface area (Å²) in [6, 6.07) is 7.01. The molecule has 1 aromatic carbocycles. The second kappa shape index (κ2) is 11.9. The molecule has 0 radical (unpaired) electrons. The van der Waals surface area contributed by atoms with E-state index in [1.165, 1.54) is 68.3 Å². The zero-order valence-electron chi connectivity index (χ0n) is 22.6. The van der Waals surface area contributed by atoms with Crippen molar-refractivity contribution in [2.45, 2.75) is 118 Å². The molecular weight excluding hydrogens is 515 g/mol. The van der Waals surface area contributed by atoms with E-state index >= 15 is 0 Å². The van der Waals surface area contributed by atoms with Gasteiger partial charge in [0.1, 0.15) is 0 Å². The van der Waals surface area contributed by atoms with Gasteiger partial charge in [0.05, 0.1) is 0 Å². The van der Waals surface area contributed by atoms with E-state index in [9.17, 15) is 0 Å². The zero-order valence-corrected chi connectivity index (χ0v) is 26.5. The third-order valence-corrected chi connectivity index (χ3v) is 27.5. The Hall–Kier alpha value is -0.334. The SMILES string of the molecule is CCC[CH2][Sn]([CH2]CCC)([CH2]CCC)[c]1nn(C)c2ccc(CO[Si](C)(C)C(C)(C)C)cc12. The average Bonchev–Trinajstić information content (AvgIpc) is 3.08. The summed E-state index contributed by atoms with van der Waals surface area (Å²) in [5, 5.41) is 6.97. The molecule has 0 spiro atoms. The predicted molar refractivity (Wildman–Crippen MR) is 147 cm³/mol. The monoisotopic (exact) mass is 566 g/mol. The van der Waals surface area contributed by atoms with Gasteiger partial charge < -0.3 is 0 Å². The van der Waals surface area contributed by atoms with Crippen LogP contribution in [-0.2, 0) is 18.1 Å². The van der Waals surface area contributed by atoms with Gasteiger partial charge in [0.15, 0.2) is 0 Å². The molecule has 182 valence electrons. The van der Waals surface area contributed by atoms with Crippen LogP contribution in [0.15, 0.2) is 18.2 Å². The summed E-state index contributed by atoms with van der Waals surface area (Å²) < 4.78 is 14.7. The van der Waals surface area contributed by atoms with E-state index in [4.69, 9.17) is 9.52 Å². The van der Waals surface area contributed by atoms with E-state index in [1.54, 1.807) is 3.71 Å². The molecule has 0 N–H and O–H groups in total. The number of benzene rings is 1. The molecule has 0 saturated heterocycles. The number of aromatic nitrogens is 2. The minimum atomic E-state index is -2.60. The van der Waals surface area contributed by atoms with Gasteiger partial charge >= 0.3 is 204 Å². The van der Waals surface area contributed by atoms with Gasteiger partial charge in [-0.3, -0.25) is 0 Å². The summed E-state index contributed by atoms with van der Waals surface area (Å²) >= 11 is -2.60. The van der Waals surface area contributed by atoms with Crippen LogP contribution < -0.4 is 3.71 Å². The molecule has 0 saturated carbocycles. The van der Waals surface area contributed by atoms with Crippen LogP contribution in [0, 0.1) is 0 Å². The third-order valence-electron chi connectivity index (χ3n) is 7.85. The predicted octanol–water partition coefficient (Wildman–Crippen LogP) is 8.15. The van der Waals surface area contributed by atoms with Crippen molar-refractivity contribution in [3.05, 3.63) is 23.8 Å². The molecule has 3 nitrogen and oxygen atoms in total. The zero-order chi connectivity index (χ0) is 24.0. The fourth-order valence-electron chi connectivity index (χ4n) is 4.55. The van der Waals surface area contributed by atoms with Crippen molar-refractivity contribution in [3.8, 4) is 0 Å². The van der Waals surface area contributed by atoms with Crippen LogP contribution in [-0.4, -0.2) is 36.5 Å². The van der Waals surface area contributed by atoms with Crippen molar-refractivity contribution < 1.29 is 4.43 Å². The van der Waals surface area contributed by atoms with Gasteiger partial charge in [0.2, 0.25) is 0 Å². The first-order chi connectivity index (χ1) is 15.0. The van der Waals surface area contributed by atoms with Gasteiger partial charge in [-0.1, -0.05) is 0 Å². The number of hydrogen-bond acceptors (Lipinski definition) is 2. The van der Waals surface area contributed by atoms with Gasteiger partial charge in [-0.05, 0) is 0 Å². The van der Waals surface area contributed by atoms with Crippen molar-refractivity contribution in [3.63, 3.8) is 0 Å². The first-order valence-electron chi connectivity index (χ1n) is 13.1. The van der Waals surface area contributed by atoms with E-state index in [1.807, 2.05) is 0 Å². The molecule has 0 bridgehead atoms. The van der Waals surface area contributed by atoms with Crippen molar-refractivity contribution >= 4 is 41.3 Å².